The second-order valence-corrected chi connectivity index (χ2v) is 7.59. The van der Waals surface area contributed by atoms with Gasteiger partial charge in [0.1, 0.15) is 10.8 Å². The van der Waals surface area contributed by atoms with E-state index in [1.807, 2.05) is 6.92 Å². The molecule has 3 rings (SSSR count). The molecule has 0 fully saturated rings. The van der Waals surface area contributed by atoms with Crippen LogP contribution in [0.2, 0.25) is 10.0 Å². The van der Waals surface area contributed by atoms with Gasteiger partial charge in [0.05, 0.1) is 6.04 Å². The monoisotopic (exact) mass is 434 g/mol. The second-order valence-electron chi connectivity index (χ2n) is 6.78. The molecule has 5 nitrogen and oxygen atoms in total. The SMILES string of the molecule is CC[C@H](C)NC(=O)c1nn2c(c1Cl)N[C@H](c1ccc(Cl)cc1)C[C@H]2C(F)(F)F. The number of rotatable bonds is 4. The first-order valence-corrected chi connectivity index (χ1v) is 9.55. The van der Waals surface area contributed by atoms with Crippen molar-refractivity contribution in [3.8, 4) is 0 Å². The zero-order chi connectivity index (χ0) is 20.6. The van der Waals surface area contributed by atoms with Crippen LogP contribution in [0, 0.1) is 0 Å². The van der Waals surface area contributed by atoms with E-state index in [1.54, 1.807) is 31.2 Å². The van der Waals surface area contributed by atoms with Gasteiger partial charge in [0.15, 0.2) is 11.7 Å². The number of halogens is 5. The summed E-state index contributed by atoms with van der Waals surface area (Å²) in [4.78, 5) is 12.4. The predicted octanol–water partition coefficient (Wildman–Crippen LogP) is 5.38. The molecular weight excluding hydrogens is 416 g/mol. The molecule has 1 amide bonds. The number of amides is 1. The van der Waals surface area contributed by atoms with Crippen LogP contribution in [0.3, 0.4) is 0 Å². The first-order valence-electron chi connectivity index (χ1n) is 8.79. The van der Waals surface area contributed by atoms with Gasteiger partial charge in [0.25, 0.3) is 5.91 Å². The minimum absolute atomic E-state index is 0.0236. The Morgan fingerprint density at radius 2 is 2.00 bits per heavy atom. The molecule has 0 bridgehead atoms. The zero-order valence-electron chi connectivity index (χ0n) is 15.1. The van der Waals surface area contributed by atoms with Crippen molar-refractivity contribution in [2.75, 3.05) is 5.32 Å². The Hall–Kier alpha value is -1.93. The van der Waals surface area contributed by atoms with Crippen LogP contribution in [-0.4, -0.2) is 27.9 Å². The van der Waals surface area contributed by atoms with Gasteiger partial charge in [-0.25, -0.2) is 4.68 Å². The number of alkyl halides is 3. The minimum Gasteiger partial charge on any atom is -0.362 e. The number of nitrogens with zero attached hydrogens (tertiary/aromatic N) is 2. The standard InChI is InChI=1S/C18H19Cl2F3N4O/c1-3-9(2)24-17(28)15-14(20)16-25-12(10-4-6-11(19)7-5-10)8-13(18(21,22)23)27(16)26-15/h4-7,9,12-13,25H,3,8H2,1-2H3,(H,24,28)/t9-,12-,13-/m0/s1. The van der Waals surface area contributed by atoms with Gasteiger partial charge < -0.3 is 10.6 Å². The van der Waals surface area contributed by atoms with Crippen molar-refractivity contribution < 1.29 is 18.0 Å². The number of hydrogen-bond acceptors (Lipinski definition) is 3. The van der Waals surface area contributed by atoms with E-state index in [0.717, 1.165) is 4.68 Å². The Kier molecular flexibility index (Phi) is 5.82. The summed E-state index contributed by atoms with van der Waals surface area (Å²) in [5.41, 5.74) is 0.406. The fraction of sp³-hybridized carbons (Fsp3) is 0.444. The fourth-order valence-electron chi connectivity index (χ4n) is 3.04. The van der Waals surface area contributed by atoms with Crippen molar-refractivity contribution in [2.24, 2.45) is 0 Å². The highest BCUT2D eigenvalue weighted by Crippen LogP contribution is 2.46. The van der Waals surface area contributed by atoms with Crippen LogP contribution in [-0.2, 0) is 0 Å². The van der Waals surface area contributed by atoms with Gasteiger partial charge >= 0.3 is 6.18 Å². The lowest BCUT2D eigenvalue weighted by Gasteiger charge is -2.33. The summed E-state index contributed by atoms with van der Waals surface area (Å²) in [7, 11) is 0. The van der Waals surface area contributed by atoms with Gasteiger partial charge in [-0.3, -0.25) is 4.79 Å². The number of fused-ring (bicyclic) bond motifs is 1. The molecule has 0 unspecified atom stereocenters. The molecule has 2 heterocycles. The molecule has 28 heavy (non-hydrogen) atoms. The van der Waals surface area contributed by atoms with Crippen LogP contribution in [0.15, 0.2) is 24.3 Å². The van der Waals surface area contributed by atoms with Crippen molar-refractivity contribution >= 4 is 34.9 Å². The lowest BCUT2D eigenvalue weighted by atomic mass is 9.97. The van der Waals surface area contributed by atoms with E-state index in [4.69, 9.17) is 23.2 Å². The third-order valence-corrected chi connectivity index (χ3v) is 5.38. The Morgan fingerprint density at radius 3 is 2.57 bits per heavy atom. The van der Waals surface area contributed by atoms with Gasteiger partial charge in [0.2, 0.25) is 0 Å². The molecule has 0 radical (unpaired) electrons. The van der Waals surface area contributed by atoms with Crippen LogP contribution in [0.1, 0.15) is 54.8 Å². The number of carbonyl (C=O) groups is 1. The summed E-state index contributed by atoms with van der Waals surface area (Å²) in [6.07, 6.45) is -4.18. The topological polar surface area (TPSA) is 59.0 Å². The first kappa shape index (κ1) is 20.8. The molecule has 1 aromatic heterocycles. The van der Waals surface area contributed by atoms with Gasteiger partial charge in [0, 0.05) is 17.5 Å². The molecular formula is C18H19Cl2F3N4O. The number of nitrogens with one attached hydrogen (secondary N) is 2. The number of aromatic nitrogens is 2. The second kappa shape index (κ2) is 7.83. The summed E-state index contributed by atoms with van der Waals surface area (Å²) in [5, 5.41) is 9.92. The fourth-order valence-corrected chi connectivity index (χ4v) is 3.43. The first-order chi connectivity index (χ1) is 13.1. The Morgan fingerprint density at radius 1 is 1.36 bits per heavy atom. The molecule has 152 valence electrons. The molecule has 1 aliphatic rings. The Balaban J connectivity index is 2.00. The third-order valence-electron chi connectivity index (χ3n) is 4.77. The third kappa shape index (κ3) is 4.07. The molecule has 0 aliphatic carbocycles. The van der Waals surface area contributed by atoms with Crippen molar-refractivity contribution in [2.45, 2.75) is 51.0 Å². The zero-order valence-corrected chi connectivity index (χ0v) is 16.7. The summed E-state index contributed by atoms with van der Waals surface area (Å²) >= 11 is 12.1. The number of hydrogen-bond donors (Lipinski definition) is 2. The van der Waals surface area contributed by atoms with Crippen molar-refractivity contribution in [3.05, 3.63) is 45.6 Å². The molecule has 0 saturated heterocycles. The molecule has 0 saturated carbocycles. The van der Waals surface area contributed by atoms with Gasteiger partial charge in [-0.05, 0) is 31.0 Å². The Labute approximate surface area is 170 Å². The normalized spacial score (nSPS) is 20.2. The maximum Gasteiger partial charge on any atom is 0.410 e. The van der Waals surface area contributed by atoms with Crippen LogP contribution in [0.25, 0.3) is 0 Å². The van der Waals surface area contributed by atoms with E-state index in [9.17, 15) is 18.0 Å². The van der Waals surface area contributed by atoms with Crippen molar-refractivity contribution in [3.63, 3.8) is 0 Å². The molecule has 0 spiro atoms. The average molecular weight is 435 g/mol. The highest BCUT2D eigenvalue weighted by atomic mass is 35.5. The van der Waals surface area contributed by atoms with E-state index in [1.165, 1.54) is 0 Å². The minimum atomic E-state index is -4.55. The summed E-state index contributed by atoms with van der Waals surface area (Å²) < 4.78 is 41.9. The lowest BCUT2D eigenvalue weighted by Crippen LogP contribution is -2.36. The number of anilines is 1. The van der Waals surface area contributed by atoms with E-state index in [-0.39, 0.29) is 29.0 Å². The highest BCUT2D eigenvalue weighted by molar-refractivity contribution is 6.36. The largest absolute Gasteiger partial charge is 0.410 e. The lowest BCUT2D eigenvalue weighted by molar-refractivity contribution is -0.173. The van der Waals surface area contributed by atoms with E-state index in [0.29, 0.717) is 17.0 Å². The predicted molar refractivity (Wildman–Crippen MR) is 102 cm³/mol. The van der Waals surface area contributed by atoms with Gasteiger partial charge in [-0.1, -0.05) is 42.3 Å². The van der Waals surface area contributed by atoms with Gasteiger partial charge in [-0.2, -0.15) is 18.3 Å². The molecule has 2 aromatic rings. The highest BCUT2D eigenvalue weighted by Gasteiger charge is 2.47. The maximum atomic E-state index is 13.7. The average Bonchev–Trinajstić information content (AvgIpc) is 2.97. The van der Waals surface area contributed by atoms with E-state index in [2.05, 4.69) is 15.7 Å². The molecule has 1 aliphatic heterocycles. The molecule has 3 atom stereocenters. The van der Waals surface area contributed by atoms with Crippen LogP contribution < -0.4 is 10.6 Å². The summed E-state index contributed by atoms with van der Waals surface area (Å²) in [5.74, 6) is -0.628. The maximum absolute atomic E-state index is 13.7. The van der Waals surface area contributed by atoms with Crippen LogP contribution >= 0.6 is 23.2 Å². The number of carbonyl (C=O) groups excluding carboxylic acids is 1. The van der Waals surface area contributed by atoms with Crippen molar-refractivity contribution in [1.29, 1.82) is 0 Å². The van der Waals surface area contributed by atoms with Crippen molar-refractivity contribution in [1.82, 2.24) is 15.1 Å². The summed E-state index contributed by atoms with van der Waals surface area (Å²) in [6, 6.07) is 3.81. The van der Waals surface area contributed by atoms with E-state index >= 15 is 0 Å². The molecule has 10 heteroatoms. The Bertz CT molecular complexity index is 867. The molecule has 1 aromatic carbocycles. The smallest absolute Gasteiger partial charge is 0.362 e. The van der Waals surface area contributed by atoms with Crippen LogP contribution in [0.5, 0.6) is 0 Å². The van der Waals surface area contributed by atoms with Crippen LogP contribution in [0.4, 0.5) is 19.0 Å². The van der Waals surface area contributed by atoms with Gasteiger partial charge in [-0.15, -0.1) is 0 Å². The summed E-state index contributed by atoms with van der Waals surface area (Å²) in [6.45, 7) is 3.66. The quantitative estimate of drug-likeness (QED) is 0.678. The van der Waals surface area contributed by atoms with E-state index < -0.39 is 24.2 Å². The number of benzene rings is 1. The molecule has 2 N–H and O–H groups in total.